The average molecular weight is 377 g/mol. The largest absolute Gasteiger partial charge is 0.484 e. The Morgan fingerprint density at radius 3 is 2.25 bits per heavy atom. The number of benzene rings is 2. The van der Waals surface area contributed by atoms with Gasteiger partial charge < -0.3 is 10.1 Å². The third-order valence-corrected chi connectivity index (χ3v) is 4.84. The third kappa shape index (κ3) is 4.80. The number of rotatable bonds is 6. The van der Waals surface area contributed by atoms with Crippen LogP contribution in [0.25, 0.3) is 0 Å². The summed E-state index contributed by atoms with van der Waals surface area (Å²) in [5.74, 6) is 0.538. The molecule has 0 fully saturated rings. The van der Waals surface area contributed by atoms with Crippen LogP contribution in [0, 0.1) is 27.7 Å². The Balaban J connectivity index is 1.57. The summed E-state index contributed by atoms with van der Waals surface area (Å²) in [7, 11) is 1.96. The highest BCUT2D eigenvalue weighted by Crippen LogP contribution is 2.19. The zero-order valence-corrected chi connectivity index (χ0v) is 17.2. The first-order valence-corrected chi connectivity index (χ1v) is 9.41. The van der Waals surface area contributed by atoms with Gasteiger partial charge in [0.15, 0.2) is 6.61 Å². The van der Waals surface area contributed by atoms with Crippen molar-refractivity contribution >= 4 is 11.6 Å². The van der Waals surface area contributed by atoms with Crippen molar-refractivity contribution in [1.82, 2.24) is 9.78 Å². The van der Waals surface area contributed by atoms with E-state index in [1.54, 1.807) is 0 Å². The van der Waals surface area contributed by atoms with Crippen LogP contribution in [-0.2, 0) is 18.3 Å². The molecule has 0 spiro atoms. The summed E-state index contributed by atoms with van der Waals surface area (Å²) in [4.78, 5) is 12.2. The van der Waals surface area contributed by atoms with E-state index in [1.807, 2.05) is 68.9 Å². The van der Waals surface area contributed by atoms with Crippen molar-refractivity contribution < 1.29 is 9.53 Å². The van der Waals surface area contributed by atoms with Crippen molar-refractivity contribution in [2.75, 3.05) is 11.9 Å². The fourth-order valence-corrected chi connectivity index (χ4v) is 3.35. The minimum Gasteiger partial charge on any atom is -0.484 e. The highest BCUT2D eigenvalue weighted by Gasteiger charge is 2.10. The quantitative estimate of drug-likeness (QED) is 0.698. The van der Waals surface area contributed by atoms with Crippen LogP contribution in [0.3, 0.4) is 0 Å². The Morgan fingerprint density at radius 1 is 1.04 bits per heavy atom. The molecule has 0 bridgehead atoms. The summed E-state index contributed by atoms with van der Waals surface area (Å²) in [6.07, 6.45) is 0.829. The Kier molecular flexibility index (Phi) is 5.83. The molecule has 0 aliphatic carbocycles. The van der Waals surface area contributed by atoms with Gasteiger partial charge in [-0.3, -0.25) is 9.48 Å². The molecular formula is C23H27N3O2. The zero-order valence-electron chi connectivity index (χ0n) is 17.2. The Hall–Kier alpha value is -3.08. The maximum absolute atomic E-state index is 12.2. The number of hydrogen-bond acceptors (Lipinski definition) is 3. The maximum atomic E-state index is 12.2. The van der Waals surface area contributed by atoms with Crippen LogP contribution < -0.4 is 10.1 Å². The van der Waals surface area contributed by atoms with E-state index < -0.39 is 0 Å². The number of aromatic nitrogens is 2. The lowest BCUT2D eigenvalue weighted by molar-refractivity contribution is -0.118. The van der Waals surface area contributed by atoms with Crippen molar-refractivity contribution in [2.24, 2.45) is 7.05 Å². The summed E-state index contributed by atoms with van der Waals surface area (Å²) in [6, 6.07) is 13.8. The molecule has 2 aromatic carbocycles. The standard InChI is InChI=1S/C23H27N3O2/c1-15-10-16(2)12-21(11-15)28-14-23(27)24-20-8-6-19(7-9-20)13-22-17(3)25-26(5)18(22)4/h6-12H,13-14H2,1-5H3,(H,24,27). The van der Waals surface area contributed by atoms with Crippen LogP contribution in [0.15, 0.2) is 42.5 Å². The molecule has 28 heavy (non-hydrogen) atoms. The Labute approximate surface area is 166 Å². The summed E-state index contributed by atoms with van der Waals surface area (Å²) in [5.41, 5.74) is 7.66. The smallest absolute Gasteiger partial charge is 0.262 e. The molecule has 0 aliphatic heterocycles. The molecule has 0 atom stereocenters. The van der Waals surface area contributed by atoms with E-state index in [2.05, 4.69) is 23.4 Å². The van der Waals surface area contributed by atoms with Crippen LogP contribution >= 0.6 is 0 Å². The van der Waals surface area contributed by atoms with Crippen molar-refractivity contribution in [3.8, 4) is 5.75 Å². The fourth-order valence-electron chi connectivity index (χ4n) is 3.35. The Morgan fingerprint density at radius 2 is 1.68 bits per heavy atom. The summed E-state index contributed by atoms with van der Waals surface area (Å²) in [5, 5.41) is 7.34. The number of nitrogens with zero attached hydrogens (tertiary/aromatic N) is 2. The molecule has 0 radical (unpaired) electrons. The van der Waals surface area contributed by atoms with Gasteiger partial charge in [-0.15, -0.1) is 0 Å². The van der Waals surface area contributed by atoms with Crippen LogP contribution in [-0.4, -0.2) is 22.3 Å². The van der Waals surface area contributed by atoms with Crippen molar-refractivity contribution in [1.29, 1.82) is 0 Å². The number of amides is 1. The molecule has 5 heteroatoms. The van der Waals surface area contributed by atoms with Gasteiger partial charge in [0, 0.05) is 30.4 Å². The summed E-state index contributed by atoms with van der Waals surface area (Å²) < 4.78 is 7.52. The molecule has 3 aromatic rings. The van der Waals surface area contributed by atoms with E-state index >= 15 is 0 Å². The molecule has 1 N–H and O–H groups in total. The SMILES string of the molecule is Cc1cc(C)cc(OCC(=O)Nc2ccc(Cc3c(C)nn(C)c3C)cc2)c1. The molecule has 0 aliphatic rings. The first kappa shape index (κ1) is 19.7. The van der Waals surface area contributed by atoms with Gasteiger partial charge >= 0.3 is 0 Å². The number of aryl methyl sites for hydroxylation is 4. The van der Waals surface area contributed by atoms with Crippen molar-refractivity contribution in [3.63, 3.8) is 0 Å². The lowest BCUT2D eigenvalue weighted by atomic mass is 10.0. The molecule has 5 nitrogen and oxygen atoms in total. The molecule has 0 saturated heterocycles. The normalized spacial score (nSPS) is 10.8. The molecule has 0 saturated carbocycles. The number of anilines is 1. The molecule has 1 heterocycles. The van der Waals surface area contributed by atoms with E-state index in [4.69, 9.17) is 4.74 Å². The monoisotopic (exact) mass is 377 g/mol. The van der Waals surface area contributed by atoms with E-state index in [-0.39, 0.29) is 12.5 Å². The van der Waals surface area contributed by atoms with Gasteiger partial charge in [-0.2, -0.15) is 5.10 Å². The number of carbonyl (C=O) groups is 1. The molecule has 0 unspecified atom stereocenters. The van der Waals surface area contributed by atoms with Gasteiger partial charge in [-0.1, -0.05) is 18.2 Å². The van der Waals surface area contributed by atoms with Gasteiger partial charge in [0.2, 0.25) is 0 Å². The van der Waals surface area contributed by atoms with Crippen LogP contribution in [0.4, 0.5) is 5.69 Å². The van der Waals surface area contributed by atoms with E-state index in [0.29, 0.717) is 5.75 Å². The minimum atomic E-state index is -0.175. The Bertz CT molecular complexity index is 968. The van der Waals surface area contributed by atoms with Gasteiger partial charge in [0.05, 0.1) is 5.69 Å². The van der Waals surface area contributed by atoms with Crippen molar-refractivity contribution in [3.05, 3.63) is 76.1 Å². The maximum Gasteiger partial charge on any atom is 0.262 e. The summed E-state index contributed by atoms with van der Waals surface area (Å²) >= 11 is 0. The van der Waals surface area contributed by atoms with Crippen LogP contribution in [0.1, 0.15) is 33.6 Å². The highest BCUT2D eigenvalue weighted by atomic mass is 16.5. The molecule has 1 aromatic heterocycles. The van der Waals surface area contributed by atoms with Gasteiger partial charge in [0.25, 0.3) is 5.91 Å². The second kappa shape index (κ2) is 8.30. The highest BCUT2D eigenvalue weighted by molar-refractivity contribution is 5.91. The second-order valence-electron chi connectivity index (χ2n) is 7.31. The van der Waals surface area contributed by atoms with Crippen molar-refractivity contribution in [2.45, 2.75) is 34.1 Å². The predicted octanol–water partition coefficient (Wildman–Crippen LogP) is 4.26. The lowest BCUT2D eigenvalue weighted by Crippen LogP contribution is -2.20. The topological polar surface area (TPSA) is 56.1 Å². The molecular weight excluding hydrogens is 350 g/mol. The number of ether oxygens (including phenoxy) is 1. The minimum absolute atomic E-state index is 0.0152. The van der Waals surface area contributed by atoms with E-state index in [9.17, 15) is 4.79 Å². The summed E-state index contributed by atoms with van der Waals surface area (Å²) in [6.45, 7) is 8.12. The zero-order chi connectivity index (χ0) is 20.3. The second-order valence-corrected chi connectivity index (χ2v) is 7.31. The molecule has 1 amide bonds. The molecule has 3 rings (SSSR count). The number of carbonyl (C=O) groups excluding carboxylic acids is 1. The number of hydrogen-bond donors (Lipinski definition) is 1. The first-order valence-electron chi connectivity index (χ1n) is 9.41. The predicted molar refractivity (Wildman–Crippen MR) is 112 cm³/mol. The van der Waals surface area contributed by atoms with Gasteiger partial charge in [-0.05, 0) is 68.7 Å². The van der Waals surface area contributed by atoms with E-state index in [0.717, 1.165) is 28.9 Å². The number of nitrogens with one attached hydrogen (secondary N) is 1. The van der Waals surface area contributed by atoms with Crippen LogP contribution in [0.5, 0.6) is 5.75 Å². The fraction of sp³-hybridized carbons (Fsp3) is 0.304. The lowest BCUT2D eigenvalue weighted by Gasteiger charge is -2.10. The van der Waals surface area contributed by atoms with Crippen LogP contribution in [0.2, 0.25) is 0 Å². The average Bonchev–Trinajstić information content (AvgIpc) is 2.87. The molecule has 146 valence electrons. The third-order valence-electron chi connectivity index (χ3n) is 4.84. The first-order chi connectivity index (χ1) is 13.3. The van der Waals surface area contributed by atoms with Gasteiger partial charge in [-0.25, -0.2) is 0 Å². The van der Waals surface area contributed by atoms with Gasteiger partial charge in [0.1, 0.15) is 5.75 Å². The van der Waals surface area contributed by atoms with E-state index in [1.165, 1.54) is 16.8 Å².